The second-order valence-electron chi connectivity index (χ2n) is 5.57. The van der Waals surface area contributed by atoms with Crippen molar-refractivity contribution < 1.29 is 14.3 Å². The number of carbonyl (C=O) groups excluding carboxylic acids is 1. The molecule has 0 fully saturated rings. The maximum absolute atomic E-state index is 12.1. The van der Waals surface area contributed by atoms with Crippen LogP contribution in [0, 0.1) is 0 Å². The van der Waals surface area contributed by atoms with Gasteiger partial charge < -0.3 is 14.8 Å². The molecule has 7 nitrogen and oxygen atoms in total. The molecule has 134 valence electrons. The predicted octanol–water partition coefficient (Wildman–Crippen LogP) is 2.14. The molecule has 0 saturated carbocycles. The number of amides is 1. The first kappa shape index (κ1) is 17.5. The second kappa shape index (κ2) is 8.66. The Bertz CT molecular complexity index is 832. The summed E-state index contributed by atoms with van der Waals surface area (Å²) in [5.74, 6) is 1.21. The number of aromatic nitrogens is 3. The molecule has 26 heavy (non-hydrogen) atoms. The molecule has 0 saturated heterocycles. The Morgan fingerprint density at radius 2 is 1.81 bits per heavy atom. The molecule has 0 aliphatic heterocycles. The van der Waals surface area contributed by atoms with Crippen molar-refractivity contribution in [1.29, 1.82) is 0 Å². The molecule has 0 aliphatic carbocycles. The molecule has 0 atom stereocenters. The minimum atomic E-state index is -0.275. The average molecular weight is 352 g/mol. The molecule has 7 heteroatoms. The second-order valence-corrected chi connectivity index (χ2v) is 5.57. The van der Waals surface area contributed by atoms with E-state index in [-0.39, 0.29) is 11.6 Å². The van der Waals surface area contributed by atoms with Crippen LogP contribution < -0.4 is 14.8 Å². The molecule has 0 radical (unpaired) electrons. The predicted molar refractivity (Wildman–Crippen MR) is 96.4 cm³/mol. The van der Waals surface area contributed by atoms with Gasteiger partial charge in [-0.25, -0.2) is 4.68 Å². The fourth-order valence-electron chi connectivity index (χ4n) is 2.35. The summed E-state index contributed by atoms with van der Waals surface area (Å²) in [6.45, 7) is 1.30. The van der Waals surface area contributed by atoms with Gasteiger partial charge in [0.15, 0.2) is 5.69 Å². The summed E-state index contributed by atoms with van der Waals surface area (Å²) in [7, 11) is 1.61. The van der Waals surface area contributed by atoms with Crippen LogP contribution in [0.5, 0.6) is 11.5 Å². The lowest BCUT2D eigenvalue weighted by atomic mass is 10.2. The van der Waals surface area contributed by atoms with Gasteiger partial charge in [0.25, 0.3) is 5.91 Å². The number of benzene rings is 2. The smallest absolute Gasteiger partial charge is 0.273 e. The van der Waals surface area contributed by atoms with Crippen molar-refractivity contribution in [1.82, 2.24) is 20.3 Å². The maximum Gasteiger partial charge on any atom is 0.273 e. The van der Waals surface area contributed by atoms with Crippen LogP contribution in [0.15, 0.2) is 60.8 Å². The maximum atomic E-state index is 12.1. The number of nitrogens with one attached hydrogen (secondary N) is 1. The van der Waals surface area contributed by atoms with E-state index in [9.17, 15) is 4.79 Å². The van der Waals surface area contributed by atoms with Crippen LogP contribution >= 0.6 is 0 Å². The van der Waals surface area contributed by atoms with Crippen LogP contribution in [0.3, 0.4) is 0 Å². The van der Waals surface area contributed by atoms with E-state index in [4.69, 9.17) is 9.47 Å². The number of carbonyl (C=O) groups is 1. The number of methoxy groups -OCH3 is 1. The Morgan fingerprint density at radius 3 is 2.54 bits per heavy atom. The molecule has 3 rings (SSSR count). The van der Waals surface area contributed by atoms with E-state index in [1.54, 1.807) is 18.0 Å². The summed E-state index contributed by atoms with van der Waals surface area (Å²) in [4.78, 5) is 12.1. The minimum absolute atomic E-state index is 0.275. The van der Waals surface area contributed by atoms with E-state index in [2.05, 4.69) is 15.6 Å². The zero-order chi connectivity index (χ0) is 18.2. The quantitative estimate of drug-likeness (QED) is 0.629. The van der Waals surface area contributed by atoms with E-state index in [1.165, 1.54) is 0 Å². The monoisotopic (exact) mass is 352 g/mol. The summed E-state index contributed by atoms with van der Waals surface area (Å²) in [6, 6.07) is 17.1. The van der Waals surface area contributed by atoms with Gasteiger partial charge >= 0.3 is 0 Å². The highest BCUT2D eigenvalue weighted by Gasteiger charge is 2.10. The molecule has 2 aromatic carbocycles. The highest BCUT2D eigenvalue weighted by molar-refractivity contribution is 5.91. The molecule has 1 heterocycles. The minimum Gasteiger partial charge on any atom is -0.497 e. The third kappa shape index (κ3) is 4.83. The standard InChI is InChI=1S/C19H20N4O3/c1-25-16-7-9-17(10-8-16)26-12-11-20-19(24)18-14-23(22-21-18)13-15-5-3-2-4-6-15/h2-10,14H,11-13H2,1H3,(H,20,24). The van der Waals surface area contributed by atoms with Crippen LogP contribution in [0.4, 0.5) is 0 Å². The van der Waals surface area contributed by atoms with Gasteiger partial charge in [0.2, 0.25) is 0 Å². The van der Waals surface area contributed by atoms with E-state index >= 15 is 0 Å². The summed E-state index contributed by atoms with van der Waals surface area (Å²) in [5.41, 5.74) is 1.38. The first-order valence-corrected chi connectivity index (χ1v) is 8.24. The molecule has 1 aromatic heterocycles. The normalized spacial score (nSPS) is 10.3. The van der Waals surface area contributed by atoms with Gasteiger partial charge in [-0.3, -0.25) is 4.79 Å². The van der Waals surface area contributed by atoms with Gasteiger partial charge in [0.1, 0.15) is 18.1 Å². The van der Waals surface area contributed by atoms with Crippen molar-refractivity contribution in [2.75, 3.05) is 20.3 Å². The number of ether oxygens (including phenoxy) is 2. The fraction of sp³-hybridized carbons (Fsp3) is 0.211. The Labute approximate surface area is 151 Å². The lowest BCUT2D eigenvalue weighted by Gasteiger charge is -2.07. The highest BCUT2D eigenvalue weighted by atomic mass is 16.5. The van der Waals surface area contributed by atoms with Crippen molar-refractivity contribution in [2.45, 2.75) is 6.54 Å². The molecule has 0 spiro atoms. The first-order valence-electron chi connectivity index (χ1n) is 8.24. The third-order valence-electron chi connectivity index (χ3n) is 3.67. The van der Waals surface area contributed by atoms with Crippen LogP contribution in [0.2, 0.25) is 0 Å². The third-order valence-corrected chi connectivity index (χ3v) is 3.67. The zero-order valence-corrected chi connectivity index (χ0v) is 14.5. The molecule has 0 aliphatic rings. The zero-order valence-electron chi connectivity index (χ0n) is 14.5. The van der Waals surface area contributed by atoms with Gasteiger partial charge in [0, 0.05) is 0 Å². The average Bonchev–Trinajstić information content (AvgIpc) is 3.15. The van der Waals surface area contributed by atoms with Crippen LogP contribution in [-0.4, -0.2) is 41.2 Å². The lowest BCUT2D eigenvalue weighted by molar-refractivity contribution is 0.0942. The Morgan fingerprint density at radius 1 is 1.08 bits per heavy atom. The summed E-state index contributed by atoms with van der Waals surface area (Å²) in [5, 5.41) is 10.7. The number of nitrogens with zero attached hydrogens (tertiary/aromatic N) is 3. The first-order chi connectivity index (χ1) is 12.7. The molecule has 0 unspecified atom stereocenters. The SMILES string of the molecule is COc1ccc(OCCNC(=O)c2cn(Cc3ccccc3)nn2)cc1. The van der Waals surface area contributed by atoms with Gasteiger partial charge in [-0.1, -0.05) is 35.5 Å². The van der Waals surface area contributed by atoms with E-state index < -0.39 is 0 Å². The molecule has 0 bridgehead atoms. The number of rotatable bonds is 8. The Hall–Kier alpha value is -3.35. The number of hydrogen-bond acceptors (Lipinski definition) is 5. The van der Waals surface area contributed by atoms with Crippen LogP contribution in [-0.2, 0) is 6.54 Å². The fourth-order valence-corrected chi connectivity index (χ4v) is 2.35. The lowest BCUT2D eigenvalue weighted by Crippen LogP contribution is -2.28. The van der Waals surface area contributed by atoms with Gasteiger partial charge in [-0.15, -0.1) is 5.10 Å². The van der Waals surface area contributed by atoms with E-state index in [0.717, 1.165) is 11.3 Å². The summed E-state index contributed by atoms with van der Waals surface area (Å²) in [6.07, 6.45) is 1.63. The molecular formula is C19H20N4O3. The van der Waals surface area contributed by atoms with Crippen LogP contribution in [0.25, 0.3) is 0 Å². The Balaban J connectivity index is 1.43. The van der Waals surface area contributed by atoms with Gasteiger partial charge in [-0.2, -0.15) is 0 Å². The Kier molecular flexibility index (Phi) is 5.82. The van der Waals surface area contributed by atoms with Crippen LogP contribution in [0.1, 0.15) is 16.1 Å². The van der Waals surface area contributed by atoms with Crippen molar-refractivity contribution in [3.05, 3.63) is 72.1 Å². The van der Waals surface area contributed by atoms with E-state index in [1.807, 2.05) is 54.6 Å². The largest absolute Gasteiger partial charge is 0.497 e. The van der Waals surface area contributed by atoms with Crippen molar-refractivity contribution in [3.63, 3.8) is 0 Å². The van der Waals surface area contributed by atoms with E-state index in [0.29, 0.717) is 25.4 Å². The summed E-state index contributed by atoms with van der Waals surface area (Å²) < 4.78 is 12.3. The molecule has 1 amide bonds. The molecular weight excluding hydrogens is 332 g/mol. The number of hydrogen-bond donors (Lipinski definition) is 1. The molecule has 3 aromatic rings. The molecule has 1 N–H and O–H groups in total. The van der Waals surface area contributed by atoms with Gasteiger partial charge in [0.05, 0.1) is 26.4 Å². The van der Waals surface area contributed by atoms with Crippen molar-refractivity contribution >= 4 is 5.91 Å². The summed E-state index contributed by atoms with van der Waals surface area (Å²) >= 11 is 0. The van der Waals surface area contributed by atoms with Gasteiger partial charge in [-0.05, 0) is 29.8 Å². The van der Waals surface area contributed by atoms with Crippen molar-refractivity contribution in [2.24, 2.45) is 0 Å². The topological polar surface area (TPSA) is 78.3 Å². The van der Waals surface area contributed by atoms with Crippen molar-refractivity contribution in [3.8, 4) is 11.5 Å². The highest BCUT2D eigenvalue weighted by Crippen LogP contribution is 2.16.